The number of carbonyl (C=O) groups is 4. The van der Waals surface area contributed by atoms with Crippen LogP contribution < -0.4 is 16.2 Å². The average molecular weight is 431 g/mol. The summed E-state index contributed by atoms with van der Waals surface area (Å²) in [6, 6.07) is 8.40. The molecule has 0 saturated carbocycles. The van der Waals surface area contributed by atoms with E-state index >= 15 is 0 Å². The number of amides is 2. The van der Waals surface area contributed by atoms with E-state index in [0.29, 0.717) is 5.56 Å². The van der Waals surface area contributed by atoms with Gasteiger partial charge in [-0.2, -0.15) is 0 Å². The molecule has 2 amide bonds. The molecule has 0 radical (unpaired) electrons. The summed E-state index contributed by atoms with van der Waals surface area (Å²) in [6.45, 7) is 0.172. The number of hydrogen-bond acceptors (Lipinski definition) is 5. The molecule has 9 nitrogen and oxygen atoms in total. The summed E-state index contributed by atoms with van der Waals surface area (Å²) in [5.74, 6) is -3.79. The predicted octanol–water partition coefficient (Wildman–Crippen LogP) is 1.55. The van der Waals surface area contributed by atoms with Crippen molar-refractivity contribution in [2.24, 2.45) is 0 Å². The first-order valence-electron chi connectivity index (χ1n) is 9.46. The lowest BCUT2D eigenvalue weighted by molar-refractivity contribution is -0.140. The van der Waals surface area contributed by atoms with Crippen LogP contribution in [0.2, 0.25) is 0 Å². The fourth-order valence-corrected chi connectivity index (χ4v) is 2.92. The fraction of sp³-hybridized carbons (Fsp3) is 0.286. The molecule has 0 spiro atoms. The van der Waals surface area contributed by atoms with Crippen molar-refractivity contribution in [2.45, 2.75) is 31.8 Å². The maximum atomic E-state index is 12.8. The number of hydrogen-bond donors (Lipinski definition) is 3. The molecule has 164 valence electrons. The monoisotopic (exact) mass is 431 g/mol. The first kappa shape index (κ1) is 23.5. The van der Waals surface area contributed by atoms with Gasteiger partial charge in [0.2, 0.25) is 5.91 Å². The molecule has 1 heterocycles. The number of Topliss-reactive ketones (excluding diaryl/α,β-unsaturated/α-hetero) is 1. The summed E-state index contributed by atoms with van der Waals surface area (Å²) in [4.78, 5) is 60.4. The van der Waals surface area contributed by atoms with Gasteiger partial charge in [0.05, 0.1) is 6.42 Å². The molecule has 2 aromatic rings. The number of anilines is 1. The molecule has 1 aromatic heterocycles. The lowest BCUT2D eigenvalue weighted by Gasteiger charge is -2.22. The number of alkyl halides is 1. The summed E-state index contributed by atoms with van der Waals surface area (Å²) in [7, 11) is 0. The summed E-state index contributed by atoms with van der Waals surface area (Å²) in [5.41, 5.74) is -0.395. The van der Waals surface area contributed by atoms with E-state index < -0.39 is 54.3 Å². The number of rotatable bonds is 10. The van der Waals surface area contributed by atoms with Gasteiger partial charge in [0.1, 0.15) is 24.4 Å². The van der Waals surface area contributed by atoms with Crippen molar-refractivity contribution < 1.29 is 28.7 Å². The van der Waals surface area contributed by atoms with E-state index in [2.05, 4.69) is 10.6 Å². The van der Waals surface area contributed by atoms with E-state index in [1.807, 2.05) is 0 Å². The third-order valence-electron chi connectivity index (χ3n) is 4.50. The Balaban J connectivity index is 2.26. The number of benzene rings is 1. The molecule has 0 saturated heterocycles. The molecule has 31 heavy (non-hydrogen) atoms. The molecule has 1 aromatic carbocycles. The number of carboxylic acids is 1. The summed E-state index contributed by atoms with van der Waals surface area (Å²) in [6.07, 6.45) is 0.663. The Hall–Kier alpha value is -3.82. The van der Waals surface area contributed by atoms with E-state index in [0.717, 1.165) is 4.57 Å². The van der Waals surface area contributed by atoms with Gasteiger partial charge < -0.3 is 20.3 Å². The Morgan fingerprint density at radius 1 is 1.10 bits per heavy atom. The molecular formula is C21H22FN3O6. The van der Waals surface area contributed by atoms with Crippen molar-refractivity contribution in [3.8, 4) is 0 Å². The van der Waals surface area contributed by atoms with Gasteiger partial charge in [-0.15, -0.1) is 0 Å². The standard InChI is InChI=1S/C21H22FN3O6/c1-2-16(20(30)24-15(11-18(27)28)17(26)12-22)25-10-6-9-14(21(25)31)23-19(29)13-7-4-3-5-8-13/h3-10,15-16H,2,11-12H2,1H3,(H,23,29)(H,24,30)(H,27,28). The second-order valence-electron chi connectivity index (χ2n) is 6.64. The van der Waals surface area contributed by atoms with Crippen LogP contribution in [0, 0.1) is 0 Å². The van der Waals surface area contributed by atoms with Crippen LogP contribution in [0.1, 0.15) is 36.2 Å². The Morgan fingerprint density at radius 3 is 2.35 bits per heavy atom. The Kier molecular flexibility index (Phi) is 8.18. The highest BCUT2D eigenvalue weighted by Crippen LogP contribution is 2.13. The normalized spacial score (nSPS) is 12.5. The van der Waals surface area contributed by atoms with Gasteiger partial charge in [-0.05, 0) is 30.7 Å². The smallest absolute Gasteiger partial charge is 0.305 e. The molecule has 0 fully saturated rings. The number of pyridine rings is 1. The first-order chi connectivity index (χ1) is 14.8. The quantitative estimate of drug-likeness (QED) is 0.522. The maximum Gasteiger partial charge on any atom is 0.305 e. The molecule has 0 aliphatic heterocycles. The zero-order chi connectivity index (χ0) is 23.0. The summed E-state index contributed by atoms with van der Waals surface area (Å²) >= 11 is 0. The first-order valence-corrected chi connectivity index (χ1v) is 9.46. The van der Waals surface area contributed by atoms with Crippen LogP contribution in [0.15, 0.2) is 53.5 Å². The van der Waals surface area contributed by atoms with Gasteiger partial charge in [0, 0.05) is 11.8 Å². The number of nitrogens with zero attached hydrogens (tertiary/aromatic N) is 1. The maximum absolute atomic E-state index is 12.8. The molecule has 2 unspecified atom stereocenters. The minimum Gasteiger partial charge on any atom is -0.481 e. The molecule has 10 heteroatoms. The third kappa shape index (κ3) is 6.08. The number of aromatic nitrogens is 1. The molecule has 2 rings (SSSR count). The number of ketones is 1. The van der Waals surface area contributed by atoms with Crippen molar-refractivity contribution in [2.75, 3.05) is 12.0 Å². The number of halogens is 1. The third-order valence-corrected chi connectivity index (χ3v) is 4.50. The van der Waals surface area contributed by atoms with E-state index in [4.69, 9.17) is 5.11 Å². The molecule has 0 aliphatic rings. The van der Waals surface area contributed by atoms with E-state index in [1.165, 1.54) is 18.3 Å². The number of carboxylic acid groups (broad SMARTS) is 1. The lowest BCUT2D eigenvalue weighted by Crippen LogP contribution is -2.47. The van der Waals surface area contributed by atoms with Crippen LogP contribution in [0.5, 0.6) is 0 Å². The molecule has 3 N–H and O–H groups in total. The highest BCUT2D eigenvalue weighted by atomic mass is 19.1. The molecule has 2 atom stereocenters. The van der Waals surface area contributed by atoms with Gasteiger partial charge in [0.15, 0.2) is 5.78 Å². The molecular weight excluding hydrogens is 409 g/mol. The van der Waals surface area contributed by atoms with Gasteiger partial charge in [-0.3, -0.25) is 24.0 Å². The number of carbonyl (C=O) groups excluding carboxylic acids is 3. The highest BCUT2D eigenvalue weighted by Gasteiger charge is 2.28. The van der Waals surface area contributed by atoms with Crippen molar-refractivity contribution in [3.05, 3.63) is 64.6 Å². The summed E-state index contributed by atoms with van der Waals surface area (Å²) in [5, 5.41) is 13.6. The SMILES string of the molecule is CCC(C(=O)NC(CC(=O)O)C(=O)CF)n1cccc(NC(=O)c2ccccc2)c1=O. The van der Waals surface area contributed by atoms with Crippen LogP contribution in [0.4, 0.5) is 10.1 Å². The Labute approximate surface area is 176 Å². The van der Waals surface area contributed by atoms with Gasteiger partial charge in [-0.1, -0.05) is 25.1 Å². The molecule has 0 bridgehead atoms. The van der Waals surface area contributed by atoms with E-state index in [1.54, 1.807) is 37.3 Å². The second kappa shape index (κ2) is 10.8. The van der Waals surface area contributed by atoms with Crippen LogP contribution in [-0.4, -0.2) is 46.0 Å². The minimum absolute atomic E-state index is 0.0653. The topological polar surface area (TPSA) is 135 Å². The Morgan fingerprint density at radius 2 is 1.77 bits per heavy atom. The zero-order valence-corrected chi connectivity index (χ0v) is 16.7. The predicted molar refractivity (Wildman–Crippen MR) is 110 cm³/mol. The largest absolute Gasteiger partial charge is 0.481 e. The van der Waals surface area contributed by atoms with Crippen molar-refractivity contribution in [3.63, 3.8) is 0 Å². The number of aliphatic carboxylic acids is 1. The summed E-state index contributed by atoms with van der Waals surface area (Å²) < 4.78 is 13.8. The zero-order valence-electron chi connectivity index (χ0n) is 16.7. The number of nitrogens with one attached hydrogen (secondary N) is 2. The van der Waals surface area contributed by atoms with Crippen molar-refractivity contribution >= 4 is 29.3 Å². The highest BCUT2D eigenvalue weighted by molar-refractivity contribution is 6.04. The van der Waals surface area contributed by atoms with Crippen molar-refractivity contribution in [1.82, 2.24) is 9.88 Å². The second-order valence-corrected chi connectivity index (χ2v) is 6.64. The van der Waals surface area contributed by atoms with E-state index in [-0.39, 0.29) is 12.1 Å². The molecule has 0 aliphatic carbocycles. The minimum atomic E-state index is -1.55. The Bertz CT molecular complexity index is 1020. The van der Waals surface area contributed by atoms with Gasteiger partial charge >= 0.3 is 5.97 Å². The van der Waals surface area contributed by atoms with Crippen molar-refractivity contribution in [1.29, 1.82) is 0 Å². The average Bonchev–Trinajstić information content (AvgIpc) is 2.75. The van der Waals surface area contributed by atoms with Crippen LogP contribution in [0.25, 0.3) is 0 Å². The lowest BCUT2D eigenvalue weighted by atomic mass is 10.1. The van der Waals surface area contributed by atoms with E-state index in [9.17, 15) is 28.4 Å². The fourth-order valence-electron chi connectivity index (χ4n) is 2.92. The van der Waals surface area contributed by atoms with Crippen LogP contribution >= 0.6 is 0 Å². The van der Waals surface area contributed by atoms with Crippen LogP contribution in [-0.2, 0) is 14.4 Å². The van der Waals surface area contributed by atoms with Gasteiger partial charge in [0.25, 0.3) is 11.5 Å². The van der Waals surface area contributed by atoms with Gasteiger partial charge in [-0.25, -0.2) is 4.39 Å². The van der Waals surface area contributed by atoms with Crippen LogP contribution in [0.3, 0.4) is 0 Å².